The van der Waals surface area contributed by atoms with Crippen molar-refractivity contribution in [2.24, 2.45) is 0 Å². The minimum absolute atomic E-state index is 0.00169. The molecule has 8 heteroatoms. The van der Waals surface area contributed by atoms with E-state index in [0.717, 1.165) is 41.1 Å². The fraction of sp³-hybridized carbons (Fsp3) is 0.455. The first kappa shape index (κ1) is 20.5. The highest BCUT2D eigenvalue weighted by Gasteiger charge is 2.28. The number of amides is 1. The highest BCUT2D eigenvalue weighted by Crippen LogP contribution is 2.37. The number of thiocarbonyl (C=S) groups is 1. The number of ether oxygens (including phenoxy) is 1. The molecule has 2 aromatic rings. The molecule has 0 spiro atoms. The first-order chi connectivity index (χ1) is 14.4. The molecule has 0 aliphatic carbocycles. The molecule has 1 fully saturated rings. The van der Waals surface area contributed by atoms with Gasteiger partial charge in [-0.15, -0.1) is 0 Å². The zero-order valence-corrected chi connectivity index (χ0v) is 18.3. The van der Waals surface area contributed by atoms with Crippen LogP contribution in [0.2, 0.25) is 0 Å². The quantitative estimate of drug-likeness (QED) is 0.633. The maximum atomic E-state index is 12.4. The Kier molecular flexibility index (Phi) is 5.85. The molecule has 3 heterocycles. The smallest absolute Gasteiger partial charge is 0.222 e. The van der Waals surface area contributed by atoms with Gasteiger partial charge in [0, 0.05) is 36.3 Å². The lowest BCUT2D eigenvalue weighted by Gasteiger charge is -2.30. The van der Waals surface area contributed by atoms with Gasteiger partial charge in [0.2, 0.25) is 5.91 Å². The van der Waals surface area contributed by atoms with Crippen molar-refractivity contribution in [3.05, 3.63) is 41.2 Å². The van der Waals surface area contributed by atoms with Crippen molar-refractivity contribution in [2.75, 3.05) is 6.54 Å². The minimum Gasteiger partial charge on any atom is -0.487 e. The van der Waals surface area contributed by atoms with Crippen LogP contribution in [0.1, 0.15) is 36.7 Å². The van der Waals surface area contributed by atoms with Gasteiger partial charge in [-0.25, -0.2) is 9.97 Å². The van der Waals surface area contributed by atoms with E-state index < -0.39 is 0 Å². The molecule has 0 saturated carbocycles. The zero-order valence-electron chi connectivity index (χ0n) is 17.5. The van der Waals surface area contributed by atoms with Gasteiger partial charge in [0.1, 0.15) is 11.9 Å². The highest BCUT2D eigenvalue weighted by atomic mass is 32.1. The predicted octanol–water partition coefficient (Wildman–Crippen LogP) is 2.20. The first-order valence-electron chi connectivity index (χ1n) is 10.3. The second-order valence-corrected chi connectivity index (χ2v) is 8.58. The molecule has 7 nitrogen and oxygen atoms in total. The molecule has 1 amide bonds. The van der Waals surface area contributed by atoms with Gasteiger partial charge >= 0.3 is 0 Å². The summed E-state index contributed by atoms with van der Waals surface area (Å²) in [7, 11) is 0. The third kappa shape index (κ3) is 4.70. The Morgan fingerprint density at radius 2 is 2.03 bits per heavy atom. The first-order valence-corrected chi connectivity index (χ1v) is 10.7. The van der Waals surface area contributed by atoms with E-state index in [1.54, 1.807) is 0 Å². The summed E-state index contributed by atoms with van der Waals surface area (Å²) in [6, 6.07) is 8.34. The lowest BCUT2D eigenvalue weighted by atomic mass is 10.0. The van der Waals surface area contributed by atoms with Crippen LogP contribution in [0.3, 0.4) is 0 Å². The zero-order chi connectivity index (χ0) is 21.3. The summed E-state index contributed by atoms with van der Waals surface area (Å²) in [5, 5.41) is 9.95. The van der Waals surface area contributed by atoms with Crippen LogP contribution in [0, 0.1) is 13.8 Å². The number of para-hydroxylation sites is 1. The summed E-state index contributed by atoms with van der Waals surface area (Å²) >= 11 is 5.19. The SMILES string of the molecule is Cc1cc(C)nc(-c2cccc3c2O[C@H](CNC(=O)C[C@@H]2C[C@@H](C)NC(=S)N2)C3)n1. The molecule has 1 aromatic heterocycles. The monoisotopic (exact) mass is 425 g/mol. The molecule has 2 aliphatic rings. The highest BCUT2D eigenvalue weighted by molar-refractivity contribution is 7.80. The number of rotatable bonds is 5. The van der Waals surface area contributed by atoms with E-state index in [9.17, 15) is 4.79 Å². The molecule has 0 unspecified atom stereocenters. The number of hydrogen-bond acceptors (Lipinski definition) is 5. The largest absolute Gasteiger partial charge is 0.487 e. The fourth-order valence-electron chi connectivity index (χ4n) is 4.13. The molecule has 0 radical (unpaired) electrons. The Balaban J connectivity index is 1.37. The second-order valence-electron chi connectivity index (χ2n) is 8.17. The van der Waals surface area contributed by atoms with Crippen LogP contribution in [-0.4, -0.2) is 45.7 Å². The van der Waals surface area contributed by atoms with Gasteiger partial charge in [-0.2, -0.15) is 0 Å². The summed E-state index contributed by atoms with van der Waals surface area (Å²) in [5.74, 6) is 1.50. The number of nitrogens with zero attached hydrogens (tertiary/aromatic N) is 2. The topological polar surface area (TPSA) is 88.2 Å². The van der Waals surface area contributed by atoms with Gasteiger partial charge in [0.15, 0.2) is 10.9 Å². The van der Waals surface area contributed by atoms with Crippen LogP contribution in [0.15, 0.2) is 24.3 Å². The lowest BCUT2D eigenvalue weighted by molar-refractivity contribution is -0.121. The van der Waals surface area contributed by atoms with E-state index in [2.05, 4.69) is 38.9 Å². The van der Waals surface area contributed by atoms with Gasteiger partial charge in [-0.1, -0.05) is 12.1 Å². The Bertz CT molecular complexity index is 960. The van der Waals surface area contributed by atoms with Crippen molar-refractivity contribution in [2.45, 2.75) is 58.2 Å². The molecule has 0 bridgehead atoms. The number of aryl methyl sites for hydroxylation is 2. The molecule has 158 valence electrons. The van der Waals surface area contributed by atoms with E-state index in [-0.39, 0.29) is 24.1 Å². The number of carbonyl (C=O) groups is 1. The average Bonchev–Trinajstić information content (AvgIpc) is 3.08. The van der Waals surface area contributed by atoms with Crippen molar-refractivity contribution in [1.29, 1.82) is 0 Å². The van der Waals surface area contributed by atoms with Crippen molar-refractivity contribution in [3.63, 3.8) is 0 Å². The van der Waals surface area contributed by atoms with Crippen molar-refractivity contribution < 1.29 is 9.53 Å². The van der Waals surface area contributed by atoms with Crippen LogP contribution in [0.4, 0.5) is 0 Å². The van der Waals surface area contributed by atoms with Crippen molar-refractivity contribution in [3.8, 4) is 17.1 Å². The number of nitrogens with one attached hydrogen (secondary N) is 3. The molecule has 3 atom stereocenters. The number of hydrogen-bond donors (Lipinski definition) is 3. The van der Waals surface area contributed by atoms with Crippen molar-refractivity contribution in [1.82, 2.24) is 25.9 Å². The van der Waals surface area contributed by atoms with Gasteiger partial charge in [0.25, 0.3) is 0 Å². The summed E-state index contributed by atoms with van der Waals surface area (Å²) in [4.78, 5) is 21.6. The Morgan fingerprint density at radius 1 is 1.27 bits per heavy atom. The molecule has 30 heavy (non-hydrogen) atoms. The van der Waals surface area contributed by atoms with E-state index in [1.807, 2.05) is 32.0 Å². The van der Waals surface area contributed by atoms with Crippen LogP contribution in [0.5, 0.6) is 5.75 Å². The van der Waals surface area contributed by atoms with E-state index in [4.69, 9.17) is 17.0 Å². The molecular formula is C22H27N5O2S. The summed E-state index contributed by atoms with van der Waals surface area (Å²) in [6.07, 6.45) is 1.91. The second kappa shape index (κ2) is 8.55. The molecule has 1 aromatic carbocycles. The van der Waals surface area contributed by atoms with Crippen LogP contribution >= 0.6 is 12.2 Å². The van der Waals surface area contributed by atoms with Crippen LogP contribution in [0.25, 0.3) is 11.4 Å². The predicted molar refractivity (Wildman–Crippen MR) is 119 cm³/mol. The Labute approximate surface area is 182 Å². The Hall–Kier alpha value is -2.74. The fourth-order valence-corrected chi connectivity index (χ4v) is 4.50. The van der Waals surface area contributed by atoms with Crippen LogP contribution < -0.4 is 20.7 Å². The minimum atomic E-state index is -0.100. The maximum absolute atomic E-state index is 12.4. The Morgan fingerprint density at radius 3 is 2.77 bits per heavy atom. The van der Waals surface area contributed by atoms with Crippen LogP contribution in [-0.2, 0) is 11.2 Å². The standard InChI is InChI=1S/C22H27N5O2S/c1-12-7-13(2)25-21(24-12)18-6-4-5-15-9-17(29-20(15)18)11-23-19(28)10-16-8-14(3)26-22(30)27-16/h4-7,14,16-17H,8-11H2,1-3H3,(H,23,28)(H2,26,27,30)/t14-,16+,17+/m1/s1. The third-order valence-corrected chi connectivity index (χ3v) is 5.60. The molecule has 3 N–H and O–H groups in total. The molecular weight excluding hydrogens is 398 g/mol. The maximum Gasteiger partial charge on any atom is 0.222 e. The molecule has 1 saturated heterocycles. The summed E-state index contributed by atoms with van der Waals surface area (Å²) in [5.41, 5.74) is 3.87. The molecule has 4 rings (SSSR count). The van der Waals surface area contributed by atoms with Crippen molar-refractivity contribution >= 4 is 23.2 Å². The van der Waals surface area contributed by atoms with E-state index in [1.165, 1.54) is 0 Å². The van der Waals surface area contributed by atoms with Gasteiger partial charge in [-0.3, -0.25) is 4.79 Å². The number of aromatic nitrogens is 2. The number of benzene rings is 1. The van der Waals surface area contributed by atoms with Gasteiger partial charge in [0.05, 0.1) is 12.1 Å². The van der Waals surface area contributed by atoms with Gasteiger partial charge < -0.3 is 20.7 Å². The number of fused-ring (bicyclic) bond motifs is 1. The van der Waals surface area contributed by atoms with E-state index >= 15 is 0 Å². The summed E-state index contributed by atoms with van der Waals surface area (Å²) in [6.45, 7) is 6.46. The normalized spacial score (nSPS) is 22.5. The number of carbonyl (C=O) groups excluding carboxylic acids is 1. The molecule has 2 aliphatic heterocycles. The van der Waals surface area contributed by atoms with Gasteiger partial charge in [-0.05, 0) is 57.1 Å². The average molecular weight is 426 g/mol. The lowest BCUT2D eigenvalue weighted by Crippen LogP contribution is -2.54. The third-order valence-electron chi connectivity index (χ3n) is 5.36. The van der Waals surface area contributed by atoms with E-state index in [0.29, 0.717) is 23.9 Å². The summed E-state index contributed by atoms with van der Waals surface area (Å²) < 4.78 is 6.21.